The molecule has 104 valence electrons. The Morgan fingerprint density at radius 1 is 1.37 bits per heavy atom. The van der Waals surface area contributed by atoms with Crippen LogP contribution >= 0.6 is 11.6 Å². The van der Waals surface area contributed by atoms with Crippen LogP contribution in [0.4, 0.5) is 0 Å². The van der Waals surface area contributed by atoms with E-state index in [-0.39, 0.29) is 17.6 Å². The summed E-state index contributed by atoms with van der Waals surface area (Å²) >= 11 is 6.25. The van der Waals surface area contributed by atoms with Gasteiger partial charge in [0.1, 0.15) is 17.6 Å². The van der Waals surface area contributed by atoms with Crippen molar-refractivity contribution in [2.45, 2.75) is 43.8 Å². The van der Waals surface area contributed by atoms with Gasteiger partial charge in [0.15, 0.2) is 0 Å². The third-order valence-electron chi connectivity index (χ3n) is 3.82. The minimum absolute atomic E-state index is 0.0102. The van der Waals surface area contributed by atoms with Crippen LogP contribution in [-0.2, 0) is 11.2 Å². The second-order valence-corrected chi connectivity index (χ2v) is 5.93. The molecule has 3 rings (SSSR count). The van der Waals surface area contributed by atoms with Gasteiger partial charge in [0.2, 0.25) is 0 Å². The van der Waals surface area contributed by atoms with E-state index in [2.05, 4.69) is 19.1 Å². The van der Waals surface area contributed by atoms with Crippen molar-refractivity contribution in [3.63, 3.8) is 0 Å². The summed E-state index contributed by atoms with van der Waals surface area (Å²) in [4.78, 5) is 0. The van der Waals surface area contributed by atoms with Gasteiger partial charge in [-0.1, -0.05) is 0 Å². The second kappa shape index (κ2) is 5.22. The highest BCUT2D eigenvalue weighted by Crippen LogP contribution is 2.41. The molecule has 3 atom stereocenters. The Hall–Kier alpha value is -0.930. The second-order valence-electron chi connectivity index (χ2n) is 5.32. The monoisotopic (exact) mass is 282 g/mol. The maximum atomic E-state index is 6.25. The fourth-order valence-electron chi connectivity index (χ4n) is 2.86. The number of hydrogen-bond acceptors (Lipinski definition) is 3. The Kier molecular flexibility index (Phi) is 3.59. The smallest absolute Gasteiger partial charge is 0.125 e. The molecule has 0 N–H and O–H groups in total. The lowest BCUT2D eigenvalue weighted by Gasteiger charge is -2.27. The molecule has 2 aliphatic heterocycles. The summed E-state index contributed by atoms with van der Waals surface area (Å²) in [6, 6.07) is 4.15. The van der Waals surface area contributed by atoms with Crippen LogP contribution in [0.1, 0.15) is 37.0 Å². The molecule has 0 aromatic heterocycles. The molecule has 0 aliphatic carbocycles. The number of halogens is 1. The molecule has 0 amide bonds. The fourth-order valence-corrected chi connectivity index (χ4v) is 3.11. The molecule has 1 aromatic rings. The van der Waals surface area contributed by atoms with Crippen LogP contribution in [0.5, 0.6) is 11.5 Å². The minimum atomic E-state index is 0.0102. The molecule has 19 heavy (non-hydrogen) atoms. The van der Waals surface area contributed by atoms with E-state index in [0.717, 1.165) is 36.3 Å². The Labute approximate surface area is 118 Å². The van der Waals surface area contributed by atoms with Gasteiger partial charge in [-0.2, -0.15) is 0 Å². The lowest BCUT2D eigenvalue weighted by molar-refractivity contribution is 0.0153. The normalized spacial score (nSPS) is 29.7. The molecule has 0 saturated carbocycles. The van der Waals surface area contributed by atoms with Crippen LogP contribution in [0, 0.1) is 0 Å². The van der Waals surface area contributed by atoms with Gasteiger partial charge in [-0.15, -0.1) is 11.6 Å². The Morgan fingerprint density at radius 3 is 2.95 bits per heavy atom. The molecule has 3 unspecified atom stereocenters. The first-order valence-corrected chi connectivity index (χ1v) is 7.24. The summed E-state index contributed by atoms with van der Waals surface area (Å²) in [7, 11) is 1.70. The van der Waals surface area contributed by atoms with E-state index in [1.165, 1.54) is 5.56 Å². The first-order valence-electron chi connectivity index (χ1n) is 6.80. The van der Waals surface area contributed by atoms with Crippen LogP contribution in [0.25, 0.3) is 0 Å². The molecule has 3 nitrogen and oxygen atoms in total. The molecule has 0 radical (unpaired) electrons. The van der Waals surface area contributed by atoms with Gasteiger partial charge >= 0.3 is 0 Å². The van der Waals surface area contributed by atoms with E-state index in [9.17, 15) is 0 Å². The van der Waals surface area contributed by atoms with Gasteiger partial charge in [0.05, 0.1) is 13.2 Å². The largest absolute Gasteiger partial charge is 0.496 e. The summed E-state index contributed by atoms with van der Waals surface area (Å²) in [5, 5.41) is 0.177. The topological polar surface area (TPSA) is 27.7 Å². The number of methoxy groups -OCH3 is 1. The number of rotatable bonds is 2. The SMILES string of the molecule is COc1cc2c(cc1C1CC(Cl)CCO1)OC(C)C2. The third kappa shape index (κ3) is 2.54. The van der Waals surface area contributed by atoms with Crippen molar-refractivity contribution in [3.8, 4) is 11.5 Å². The molecule has 1 saturated heterocycles. The van der Waals surface area contributed by atoms with Crippen LogP contribution in [-0.4, -0.2) is 25.2 Å². The molecular formula is C15H19ClO3. The fraction of sp³-hybridized carbons (Fsp3) is 0.600. The van der Waals surface area contributed by atoms with Crippen LogP contribution in [0.2, 0.25) is 0 Å². The maximum Gasteiger partial charge on any atom is 0.125 e. The Balaban J connectivity index is 1.94. The first kappa shape index (κ1) is 13.1. The summed E-state index contributed by atoms with van der Waals surface area (Å²) in [5.41, 5.74) is 2.27. The average Bonchev–Trinajstić information content (AvgIpc) is 2.76. The van der Waals surface area contributed by atoms with Crippen molar-refractivity contribution < 1.29 is 14.2 Å². The van der Waals surface area contributed by atoms with Crippen molar-refractivity contribution in [3.05, 3.63) is 23.3 Å². The molecule has 4 heteroatoms. The van der Waals surface area contributed by atoms with Crippen molar-refractivity contribution in [1.29, 1.82) is 0 Å². The number of fused-ring (bicyclic) bond motifs is 1. The minimum Gasteiger partial charge on any atom is -0.496 e. The quantitative estimate of drug-likeness (QED) is 0.777. The predicted octanol–water partition coefficient (Wildman–Crippen LogP) is 3.48. The highest BCUT2D eigenvalue weighted by molar-refractivity contribution is 6.20. The van der Waals surface area contributed by atoms with E-state index in [0.29, 0.717) is 6.61 Å². The zero-order chi connectivity index (χ0) is 13.4. The zero-order valence-corrected chi connectivity index (χ0v) is 12.1. The van der Waals surface area contributed by atoms with E-state index < -0.39 is 0 Å². The Morgan fingerprint density at radius 2 is 2.21 bits per heavy atom. The van der Waals surface area contributed by atoms with Gasteiger partial charge < -0.3 is 14.2 Å². The van der Waals surface area contributed by atoms with Crippen LogP contribution < -0.4 is 9.47 Å². The molecule has 0 spiro atoms. The maximum absolute atomic E-state index is 6.25. The molecule has 1 aromatic carbocycles. The van der Waals surface area contributed by atoms with E-state index >= 15 is 0 Å². The molecule has 0 bridgehead atoms. The third-order valence-corrected chi connectivity index (χ3v) is 4.21. The number of ether oxygens (including phenoxy) is 3. The highest BCUT2D eigenvalue weighted by Gasteiger charge is 2.28. The molecular weight excluding hydrogens is 264 g/mol. The Bertz CT molecular complexity index is 475. The first-order chi connectivity index (χ1) is 9.17. The van der Waals surface area contributed by atoms with E-state index in [1.807, 2.05) is 0 Å². The average molecular weight is 283 g/mol. The molecule has 2 heterocycles. The van der Waals surface area contributed by atoms with Crippen LogP contribution in [0.3, 0.4) is 0 Å². The number of benzene rings is 1. The van der Waals surface area contributed by atoms with Crippen molar-refractivity contribution in [2.75, 3.05) is 13.7 Å². The van der Waals surface area contributed by atoms with Gasteiger partial charge in [-0.3, -0.25) is 0 Å². The summed E-state index contributed by atoms with van der Waals surface area (Å²) in [6.07, 6.45) is 2.93. The van der Waals surface area contributed by atoms with Crippen molar-refractivity contribution in [2.24, 2.45) is 0 Å². The highest BCUT2D eigenvalue weighted by atomic mass is 35.5. The van der Waals surface area contributed by atoms with Gasteiger partial charge in [0, 0.05) is 29.5 Å². The van der Waals surface area contributed by atoms with Crippen molar-refractivity contribution >= 4 is 11.6 Å². The molecule has 1 fully saturated rings. The lowest BCUT2D eigenvalue weighted by Crippen LogP contribution is -2.20. The zero-order valence-electron chi connectivity index (χ0n) is 11.3. The summed E-state index contributed by atoms with van der Waals surface area (Å²) < 4.78 is 17.2. The predicted molar refractivity (Wildman–Crippen MR) is 74.4 cm³/mol. The standard InChI is InChI=1S/C15H19ClO3/c1-9-5-10-6-14(17-2)12(8-13(10)19-9)15-7-11(16)3-4-18-15/h6,8-9,11,15H,3-5,7H2,1-2H3. The summed E-state index contributed by atoms with van der Waals surface area (Å²) in [6.45, 7) is 2.79. The van der Waals surface area contributed by atoms with Gasteiger partial charge in [0.25, 0.3) is 0 Å². The van der Waals surface area contributed by atoms with Crippen molar-refractivity contribution in [1.82, 2.24) is 0 Å². The van der Waals surface area contributed by atoms with Gasteiger partial charge in [-0.05, 0) is 31.9 Å². The summed E-state index contributed by atoms with van der Waals surface area (Å²) in [5.74, 6) is 1.84. The van der Waals surface area contributed by atoms with E-state index in [1.54, 1.807) is 7.11 Å². The lowest BCUT2D eigenvalue weighted by atomic mass is 9.97. The molecule has 2 aliphatic rings. The van der Waals surface area contributed by atoms with E-state index in [4.69, 9.17) is 25.8 Å². The number of hydrogen-bond donors (Lipinski definition) is 0. The van der Waals surface area contributed by atoms with Gasteiger partial charge in [-0.25, -0.2) is 0 Å². The number of alkyl halides is 1. The van der Waals surface area contributed by atoms with Crippen LogP contribution in [0.15, 0.2) is 12.1 Å².